The first-order valence-electron chi connectivity index (χ1n) is 11.4. The number of hydrogen-bond donors (Lipinski definition) is 0. The summed E-state index contributed by atoms with van der Waals surface area (Å²) in [6, 6.07) is 13.9. The van der Waals surface area contributed by atoms with Crippen molar-refractivity contribution in [3.05, 3.63) is 71.8 Å². The quantitative estimate of drug-likeness (QED) is 0.433. The van der Waals surface area contributed by atoms with Crippen molar-refractivity contribution in [3.63, 3.8) is 0 Å². The van der Waals surface area contributed by atoms with Crippen molar-refractivity contribution in [1.29, 1.82) is 0 Å². The van der Waals surface area contributed by atoms with E-state index in [-0.39, 0.29) is 11.5 Å². The molecule has 34 heavy (non-hydrogen) atoms. The molecule has 1 fully saturated rings. The van der Waals surface area contributed by atoms with E-state index in [1.807, 2.05) is 64.2 Å². The van der Waals surface area contributed by atoms with E-state index in [0.717, 1.165) is 10.5 Å². The average molecular weight is 485 g/mol. The molecule has 0 aliphatic carbocycles. The number of carbonyl (C=O) groups excluding carboxylic acids is 2. The molecule has 6 nitrogen and oxygen atoms in total. The van der Waals surface area contributed by atoms with Crippen LogP contribution in [0.25, 0.3) is 6.08 Å². The molecule has 3 rings (SSSR count). The van der Waals surface area contributed by atoms with Gasteiger partial charge in [0.15, 0.2) is 8.32 Å². The van der Waals surface area contributed by atoms with Crippen molar-refractivity contribution >= 4 is 26.4 Å². The minimum atomic E-state index is -2.44. The van der Waals surface area contributed by atoms with Gasteiger partial charge in [0.2, 0.25) is 5.91 Å². The third-order valence-electron chi connectivity index (χ3n) is 6.55. The van der Waals surface area contributed by atoms with E-state index >= 15 is 4.39 Å². The largest absolute Gasteiger partial charge is 0.439 e. The highest BCUT2D eigenvalue weighted by atomic mass is 28.4. The summed E-state index contributed by atoms with van der Waals surface area (Å²) in [7, 11) is -2.44. The summed E-state index contributed by atoms with van der Waals surface area (Å²) in [5.41, 5.74) is 1.23. The van der Waals surface area contributed by atoms with E-state index in [9.17, 15) is 9.59 Å². The fourth-order valence-electron chi connectivity index (χ4n) is 3.56. The fourth-order valence-corrected chi connectivity index (χ4v) is 4.82. The van der Waals surface area contributed by atoms with Crippen LogP contribution in [0.3, 0.4) is 0 Å². The average Bonchev–Trinajstić information content (AvgIpc) is 3.07. The van der Waals surface area contributed by atoms with Crippen LogP contribution >= 0.6 is 0 Å². The molecule has 3 atom stereocenters. The molecule has 1 aliphatic heterocycles. The van der Waals surface area contributed by atoms with Gasteiger partial charge in [0.25, 0.3) is 0 Å². The van der Waals surface area contributed by atoms with Crippen molar-refractivity contribution in [2.24, 2.45) is 0 Å². The van der Waals surface area contributed by atoms with Gasteiger partial charge in [-0.1, -0.05) is 57.2 Å². The molecular weight excluding hydrogens is 451 g/mol. The molecule has 182 valence electrons. The zero-order chi connectivity index (χ0) is 25.1. The number of carbonyl (C=O) groups is 2. The van der Waals surface area contributed by atoms with Crippen LogP contribution in [-0.4, -0.2) is 42.3 Å². The molecule has 1 aliphatic rings. The lowest BCUT2D eigenvalue weighted by Gasteiger charge is -2.39. The summed E-state index contributed by atoms with van der Waals surface area (Å²) < 4.78 is 27.3. The number of ether oxygens (including phenoxy) is 1. The van der Waals surface area contributed by atoms with Crippen molar-refractivity contribution in [1.82, 2.24) is 9.88 Å². The Labute approximate surface area is 201 Å². The Morgan fingerprint density at radius 2 is 1.85 bits per heavy atom. The van der Waals surface area contributed by atoms with Crippen LogP contribution in [-0.2, 0) is 14.0 Å². The highest BCUT2D eigenvalue weighted by Gasteiger charge is 2.45. The number of halogens is 1. The van der Waals surface area contributed by atoms with E-state index in [0.29, 0.717) is 5.69 Å². The number of cyclic esters (lactones) is 1. The van der Waals surface area contributed by atoms with Crippen molar-refractivity contribution in [3.8, 4) is 0 Å². The smallest absolute Gasteiger partial charge is 0.417 e. The number of aromatic nitrogens is 1. The minimum Gasteiger partial charge on any atom is -0.439 e. The van der Waals surface area contributed by atoms with E-state index < -0.39 is 44.4 Å². The van der Waals surface area contributed by atoms with Crippen molar-refractivity contribution in [2.45, 2.75) is 70.5 Å². The first-order chi connectivity index (χ1) is 15.9. The molecule has 1 saturated heterocycles. The van der Waals surface area contributed by atoms with Crippen LogP contribution in [0.15, 0.2) is 60.6 Å². The maximum Gasteiger partial charge on any atom is 0.417 e. The number of nitrogens with zero attached hydrogens (tertiary/aromatic N) is 2. The van der Waals surface area contributed by atoms with Gasteiger partial charge in [-0.25, -0.2) is 14.1 Å². The Bertz CT molecular complexity index is 1040. The molecule has 0 unspecified atom stereocenters. The van der Waals surface area contributed by atoms with Crippen molar-refractivity contribution < 1.29 is 23.1 Å². The zero-order valence-electron chi connectivity index (χ0n) is 20.6. The second-order valence-corrected chi connectivity index (χ2v) is 14.8. The molecule has 2 heterocycles. The van der Waals surface area contributed by atoms with Gasteiger partial charge in [-0.15, -0.1) is 0 Å². The molecule has 8 heteroatoms. The SMILES string of the molecule is C[C@H]1[C@@H](c2ccccc2)OC(=O)N1C(=O)C[C@H](O[Si](C)(C)C(C)(C)C)/C(F)=C/c1ccccn1. The van der Waals surface area contributed by atoms with Gasteiger partial charge in [-0.3, -0.25) is 9.78 Å². The van der Waals surface area contributed by atoms with Gasteiger partial charge >= 0.3 is 6.09 Å². The predicted octanol–water partition coefficient (Wildman–Crippen LogP) is 6.28. The highest BCUT2D eigenvalue weighted by molar-refractivity contribution is 6.74. The second-order valence-electron chi connectivity index (χ2n) is 10.1. The number of pyridine rings is 1. The predicted molar refractivity (Wildman–Crippen MR) is 132 cm³/mol. The lowest BCUT2D eigenvalue weighted by molar-refractivity contribution is -0.130. The Hall–Kier alpha value is -2.84. The highest BCUT2D eigenvalue weighted by Crippen LogP contribution is 2.39. The first-order valence-corrected chi connectivity index (χ1v) is 14.3. The Balaban J connectivity index is 1.86. The molecular formula is C26H33FN2O4Si. The minimum absolute atomic E-state index is 0.197. The Morgan fingerprint density at radius 1 is 1.21 bits per heavy atom. The van der Waals surface area contributed by atoms with E-state index in [2.05, 4.69) is 4.98 Å². The van der Waals surface area contributed by atoms with Gasteiger partial charge in [0.1, 0.15) is 18.0 Å². The summed E-state index contributed by atoms with van der Waals surface area (Å²) in [6.45, 7) is 11.9. The molecule has 0 saturated carbocycles. The fraction of sp³-hybridized carbons (Fsp3) is 0.423. The number of hydrogen-bond acceptors (Lipinski definition) is 5. The lowest BCUT2D eigenvalue weighted by atomic mass is 10.0. The maximum atomic E-state index is 15.5. The van der Waals surface area contributed by atoms with Gasteiger partial charge < -0.3 is 9.16 Å². The molecule has 0 spiro atoms. The third kappa shape index (κ3) is 5.80. The summed E-state index contributed by atoms with van der Waals surface area (Å²) in [6.07, 6.45) is 0.0929. The summed E-state index contributed by atoms with van der Waals surface area (Å²) in [4.78, 5) is 31.1. The van der Waals surface area contributed by atoms with Gasteiger partial charge in [-0.2, -0.15) is 0 Å². The molecule has 2 aromatic rings. The van der Waals surface area contributed by atoms with Gasteiger partial charge in [0.05, 0.1) is 18.2 Å². The third-order valence-corrected chi connectivity index (χ3v) is 11.0. The van der Waals surface area contributed by atoms with Crippen LogP contribution in [0.5, 0.6) is 0 Å². The number of rotatable bonds is 7. The van der Waals surface area contributed by atoms with E-state index in [4.69, 9.17) is 9.16 Å². The van der Waals surface area contributed by atoms with Crippen LogP contribution in [0.2, 0.25) is 18.1 Å². The first kappa shape index (κ1) is 25.8. The Kier molecular flexibility index (Phi) is 7.73. The normalized spacial score (nSPS) is 20.3. The van der Waals surface area contributed by atoms with Gasteiger partial charge in [-0.05, 0) is 48.8 Å². The molecule has 1 aromatic heterocycles. The molecule has 2 amide bonds. The zero-order valence-corrected chi connectivity index (χ0v) is 21.6. The topological polar surface area (TPSA) is 68.7 Å². The lowest BCUT2D eigenvalue weighted by Crippen LogP contribution is -2.46. The molecule has 0 radical (unpaired) electrons. The van der Waals surface area contributed by atoms with Gasteiger partial charge in [0, 0.05) is 6.20 Å². The number of amides is 2. The van der Waals surface area contributed by atoms with Crippen LogP contribution in [0.4, 0.5) is 9.18 Å². The number of imide groups is 1. The van der Waals surface area contributed by atoms with E-state index in [1.54, 1.807) is 31.3 Å². The number of benzene rings is 1. The van der Waals surface area contributed by atoms with Crippen LogP contribution in [0, 0.1) is 0 Å². The molecule has 1 aromatic carbocycles. The Morgan fingerprint density at radius 3 is 2.44 bits per heavy atom. The van der Waals surface area contributed by atoms with E-state index in [1.165, 1.54) is 6.08 Å². The molecule has 0 bridgehead atoms. The standard InChI is InChI=1S/C26H33FN2O4Si/c1-18-24(19-12-8-7-9-13-19)32-25(31)29(18)23(30)17-22(33-34(5,6)26(2,3)4)21(27)16-20-14-10-11-15-28-20/h7-16,18,22,24H,17H2,1-6H3/b21-16-/t18-,22-,24-/m0/s1. The maximum absolute atomic E-state index is 15.5. The summed E-state index contributed by atoms with van der Waals surface area (Å²) in [5.74, 6) is -1.14. The van der Waals surface area contributed by atoms with Crippen molar-refractivity contribution in [2.75, 3.05) is 0 Å². The summed E-state index contributed by atoms with van der Waals surface area (Å²) >= 11 is 0. The summed E-state index contributed by atoms with van der Waals surface area (Å²) in [5, 5.41) is -0.197. The van der Waals surface area contributed by atoms with Crippen LogP contribution < -0.4 is 0 Å². The second kappa shape index (κ2) is 10.2. The monoisotopic (exact) mass is 484 g/mol. The van der Waals surface area contributed by atoms with Crippen LogP contribution in [0.1, 0.15) is 51.5 Å². The molecule has 0 N–H and O–H groups in total.